The second kappa shape index (κ2) is 9.27. The highest BCUT2D eigenvalue weighted by Gasteiger charge is 2.40. The van der Waals surface area contributed by atoms with E-state index < -0.39 is 12.1 Å². The van der Waals surface area contributed by atoms with Crippen LogP contribution < -0.4 is 0 Å². The number of nitrogens with zero attached hydrogens (tertiary/aromatic N) is 2. The van der Waals surface area contributed by atoms with E-state index in [4.69, 9.17) is 14.6 Å². The number of hydrogen-bond donors (Lipinski definition) is 1. The van der Waals surface area contributed by atoms with Gasteiger partial charge in [0.25, 0.3) is 0 Å². The van der Waals surface area contributed by atoms with Crippen LogP contribution in [0, 0.1) is 11.8 Å². The van der Waals surface area contributed by atoms with Crippen molar-refractivity contribution in [3.63, 3.8) is 0 Å². The molecule has 26 heavy (non-hydrogen) atoms. The SMILES string of the molecule is CN1CCO[C@@H]2CN(C(=O)C3CCSCC3)C[C@@H]2C1.O=C(O)C(F)(F)F. The standard InChI is InChI=1S/C14H24N2O2S.C2HF3O2/c1-15-4-5-18-13-10-16(9-12(13)8-15)14(17)11-2-6-19-7-3-11;3-2(4,5)1(6)7/h11-13H,2-10H2,1H3;(H,6,7)/t12-,13+;/m0./s1. The van der Waals surface area contributed by atoms with Crippen molar-refractivity contribution >= 4 is 23.6 Å². The summed E-state index contributed by atoms with van der Waals surface area (Å²) in [6, 6.07) is 0. The Morgan fingerprint density at radius 3 is 2.35 bits per heavy atom. The zero-order valence-corrected chi connectivity index (χ0v) is 15.5. The fourth-order valence-electron chi connectivity index (χ4n) is 3.44. The van der Waals surface area contributed by atoms with E-state index in [9.17, 15) is 18.0 Å². The molecule has 3 aliphatic heterocycles. The van der Waals surface area contributed by atoms with Crippen molar-refractivity contribution < 1.29 is 32.6 Å². The molecule has 10 heteroatoms. The first kappa shape index (κ1) is 21.3. The van der Waals surface area contributed by atoms with E-state index in [1.54, 1.807) is 0 Å². The number of amides is 1. The lowest BCUT2D eigenvalue weighted by Gasteiger charge is -2.26. The number of carboxylic acids is 1. The van der Waals surface area contributed by atoms with Crippen molar-refractivity contribution in [3.05, 3.63) is 0 Å². The van der Waals surface area contributed by atoms with Crippen LogP contribution in [-0.4, -0.2) is 90.4 Å². The Labute approximate surface area is 155 Å². The molecule has 150 valence electrons. The van der Waals surface area contributed by atoms with Gasteiger partial charge < -0.3 is 19.6 Å². The predicted octanol–water partition coefficient (Wildman–Crippen LogP) is 1.55. The maximum atomic E-state index is 12.6. The average molecular weight is 398 g/mol. The Hall–Kier alpha value is -1.00. The van der Waals surface area contributed by atoms with Crippen LogP contribution in [-0.2, 0) is 14.3 Å². The molecule has 0 saturated carbocycles. The van der Waals surface area contributed by atoms with Gasteiger partial charge in [-0.05, 0) is 31.4 Å². The van der Waals surface area contributed by atoms with Gasteiger partial charge in [-0.3, -0.25) is 4.79 Å². The van der Waals surface area contributed by atoms with Crippen LogP contribution >= 0.6 is 11.8 Å². The molecule has 1 N–H and O–H groups in total. The zero-order chi connectivity index (χ0) is 19.3. The molecule has 3 fully saturated rings. The Kier molecular flexibility index (Phi) is 7.60. The summed E-state index contributed by atoms with van der Waals surface area (Å²) in [4.78, 5) is 25.9. The first-order valence-corrected chi connectivity index (χ1v) is 9.80. The minimum atomic E-state index is -5.08. The van der Waals surface area contributed by atoms with Gasteiger partial charge in [-0.2, -0.15) is 24.9 Å². The number of carboxylic acid groups (broad SMARTS) is 1. The molecule has 0 unspecified atom stereocenters. The number of alkyl halides is 3. The van der Waals surface area contributed by atoms with Crippen molar-refractivity contribution in [1.82, 2.24) is 9.80 Å². The molecule has 3 heterocycles. The number of aliphatic carboxylic acids is 1. The molecule has 1 amide bonds. The van der Waals surface area contributed by atoms with Gasteiger partial charge in [0, 0.05) is 38.0 Å². The Morgan fingerprint density at radius 2 is 1.77 bits per heavy atom. The second-order valence-electron chi connectivity index (χ2n) is 6.86. The lowest BCUT2D eigenvalue weighted by Crippen LogP contribution is -2.37. The molecule has 0 aromatic rings. The van der Waals surface area contributed by atoms with Gasteiger partial charge in [-0.25, -0.2) is 4.79 Å². The first-order valence-electron chi connectivity index (χ1n) is 8.65. The van der Waals surface area contributed by atoms with E-state index in [-0.39, 0.29) is 12.0 Å². The van der Waals surface area contributed by atoms with Crippen LogP contribution in [0.15, 0.2) is 0 Å². The summed E-state index contributed by atoms with van der Waals surface area (Å²) < 4.78 is 37.7. The molecular weight excluding hydrogens is 373 g/mol. The Bertz CT molecular complexity index is 500. The normalized spacial score (nSPS) is 27.9. The quantitative estimate of drug-likeness (QED) is 0.723. The number of hydrogen-bond acceptors (Lipinski definition) is 5. The molecule has 3 rings (SSSR count). The minimum absolute atomic E-state index is 0.270. The maximum Gasteiger partial charge on any atom is 0.490 e. The monoisotopic (exact) mass is 398 g/mol. The molecule has 0 aromatic carbocycles. The third kappa shape index (κ3) is 6.02. The fourth-order valence-corrected chi connectivity index (χ4v) is 4.55. The van der Waals surface area contributed by atoms with E-state index in [1.807, 2.05) is 11.8 Å². The summed E-state index contributed by atoms with van der Waals surface area (Å²) in [7, 11) is 2.15. The van der Waals surface area contributed by atoms with Gasteiger partial charge in [0.2, 0.25) is 5.91 Å². The molecule has 0 spiro atoms. The highest BCUT2D eigenvalue weighted by Crippen LogP contribution is 2.29. The fraction of sp³-hybridized carbons (Fsp3) is 0.875. The summed E-state index contributed by atoms with van der Waals surface area (Å²) in [5.41, 5.74) is 0. The third-order valence-electron chi connectivity index (χ3n) is 4.86. The van der Waals surface area contributed by atoms with Crippen LogP contribution in [0.4, 0.5) is 13.2 Å². The molecule has 6 nitrogen and oxygen atoms in total. The Balaban J connectivity index is 0.000000298. The van der Waals surface area contributed by atoms with Crippen molar-refractivity contribution in [1.29, 1.82) is 0 Å². The number of likely N-dealkylation sites (N-methyl/N-ethyl adjacent to an activating group) is 1. The summed E-state index contributed by atoms with van der Waals surface area (Å²) in [5, 5.41) is 7.12. The number of likely N-dealkylation sites (tertiary alicyclic amines) is 1. The lowest BCUT2D eigenvalue weighted by molar-refractivity contribution is -0.192. The summed E-state index contributed by atoms with van der Waals surface area (Å²) in [5.74, 6) is 0.718. The van der Waals surface area contributed by atoms with Crippen LogP contribution in [0.3, 0.4) is 0 Å². The van der Waals surface area contributed by atoms with Gasteiger partial charge in [0.1, 0.15) is 0 Å². The Morgan fingerprint density at radius 1 is 1.15 bits per heavy atom. The highest BCUT2D eigenvalue weighted by molar-refractivity contribution is 7.99. The topological polar surface area (TPSA) is 70.1 Å². The number of carbonyl (C=O) groups is 2. The van der Waals surface area contributed by atoms with Gasteiger partial charge in [0.15, 0.2) is 0 Å². The molecule has 3 saturated heterocycles. The molecule has 0 aromatic heterocycles. The van der Waals surface area contributed by atoms with E-state index in [2.05, 4.69) is 16.8 Å². The summed E-state index contributed by atoms with van der Waals surface area (Å²) in [6.07, 6.45) is -2.68. The second-order valence-corrected chi connectivity index (χ2v) is 8.09. The highest BCUT2D eigenvalue weighted by atomic mass is 32.2. The van der Waals surface area contributed by atoms with Crippen molar-refractivity contribution in [2.24, 2.45) is 11.8 Å². The smallest absolute Gasteiger partial charge is 0.475 e. The average Bonchev–Trinajstić information content (AvgIpc) is 2.89. The maximum absolute atomic E-state index is 12.6. The number of thioether (sulfide) groups is 1. The molecule has 2 atom stereocenters. The number of halogens is 3. The third-order valence-corrected chi connectivity index (χ3v) is 5.91. The van der Waals surface area contributed by atoms with E-state index in [0.717, 1.165) is 57.1 Å². The van der Waals surface area contributed by atoms with Crippen molar-refractivity contribution in [3.8, 4) is 0 Å². The van der Waals surface area contributed by atoms with Crippen molar-refractivity contribution in [2.75, 3.05) is 51.3 Å². The zero-order valence-electron chi connectivity index (χ0n) is 14.7. The van der Waals surface area contributed by atoms with Crippen LogP contribution in [0.2, 0.25) is 0 Å². The summed E-state index contributed by atoms with van der Waals surface area (Å²) >= 11 is 1.98. The molecule has 3 aliphatic rings. The van der Waals surface area contributed by atoms with Crippen molar-refractivity contribution in [2.45, 2.75) is 25.1 Å². The molecular formula is C16H25F3N2O4S. The number of ether oxygens (including phenoxy) is 1. The first-order chi connectivity index (χ1) is 12.2. The van der Waals surface area contributed by atoms with Crippen LogP contribution in [0.5, 0.6) is 0 Å². The number of fused-ring (bicyclic) bond motifs is 1. The van der Waals surface area contributed by atoms with Crippen LogP contribution in [0.25, 0.3) is 0 Å². The van der Waals surface area contributed by atoms with Gasteiger partial charge in [-0.1, -0.05) is 0 Å². The van der Waals surface area contributed by atoms with E-state index >= 15 is 0 Å². The van der Waals surface area contributed by atoms with E-state index in [1.165, 1.54) is 0 Å². The minimum Gasteiger partial charge on any atom is -0.475 e. The predicted molar refractivity (Wildman–Crippen MR) is 91.0 cm³/mol. The van der Waals surface area contributed by atoms with Gasteiger partial charge in [-0.15, -0.1) is 0 Å². The molecule has 0 aliphatic carbocycles. The van der Waals surface area contributed by atoms with Crippen LogP contribution in [0.1, 0.15) is 12.8 Å². The van der Waals surface area contributed by atoms with E-state index in [0.29, 0.717) is 11.8 Å². The van der Waals surface area contributed by atoms with Gasteiger partial charge in [0.05, 0.1) is 12.7 Å². The summed E-state index contributed by atoms with van der Waals surface area (Å²) in [6.45, 7) is 4.61. The molecule has 0 radical (unpaired) electrons. The van der Waals surface area contributed by atoms with Gasteiger partial charge >= 0.3 is 12.1 Å². The molecule has 0 bridgehead atoms. The lowest BCUT2D eigenvalue weighted by atomic mass is 10.0. The number of rotatable bonds is 1. The number of carbonyl (C=O) groups excluding carboxylic acids is 1. The largest absolute Gasteiger partial charge is 0.490 e.